The minimum Gasteiger partial charge on any atom is -0.468 e. The third-order valence-corrected chi connectivity index (χ3v) is 4.25. The van der Waals surface area contributed by atoms with Crippen molar-refractivity contribution in [3.05, 3.63) is 11.0 Å². The SMILES string of the molecule is [B]CC1C=C(C(C)(C)C)SC1C(=O)OC. The summed E-state index contributed by atoms with van der Waals surface area (Å²) in [5, 5.41) is -0.158. The molecule has 2 atom stereocenters. The minimum atomic E-state index is -0.175. The zero-order valence-corrected chi connectivity index (χ0v) is 10.6. The van der Waals surface area contributed by atoms with Gasteiger partial charge in [-0.25, -0.2) is 0 Å². The van der Waals surface area contributed by atoms with Crippen molar-refractivity contribution in [3.63, 3.8) is 0 Å². The van der Waals surface area contributed by atoms with Gasteiger partial charge in [-0.3, -0.25) is 4.79 Å². The Balaban J connectivity index is 2.81. The zero-order chi connectivity index (χ0) is 11.6. The summed E-state index contributed by atoms with van der Waals surface area (Å²) < 4.78 is 4.78. The lowest BCUT2D eigenvalue weighted by Gasteiger charge is -2.20. The molecule has 1 aliphatic heterocycles. The van der Waals surface area contributed by atoms with Crippen LogP contribution in [0.5, 0.6) is 0 Å². The molecule has 1 heterocycles. The molecule has 0 aromatic rings. The van der Waals surface area contributed by atoms with Crippen molar-refractivity contribution in [1.82, 2.24) is 0 Å². The van der Waals surface area contributed by atoms with Gasteiger partial charge in [-0.15, -0.1) is 11.8 Å². The number of carbonyl (C=O) groups excluding carboxylic acids is 1. The molecule has 0 saturated heterocycles. The first kappa shape index (κ1) is 12.7. The molecule has 82 valence electrons. The molecular formula is C11H17BO2S. The molecule has 0 aromatic carbocycles. The van der Waals surface area contributed by atoms with Crippen molar-refractivity contribution in [2.45, 2.75) is 32.3 Å². The molecule has 15 heavy (non-hydrogen) atoms. The van der Waals surface area contributed by atoms with Crippen molar-refractivity contribution in [2.24, 2.45) is 11.3 Å². The van der Waals surface area contributed by atoms with E-state index in [0.717, 1.165) is 0 Å². The van der Waals surface area contributed by atoms with E-state index in [2.05, 4.69) is 26.8 Å². The summed E-state index contributed by atoms with van der Waals surface area (Å²) in [6.07, 6.45) is 2.61. The Labute approximate surface area is 97.2 Å². The van der Waals surface area contributed by atoms with Crippen molar-refractivity contribution in [1.29, 1.82) is 0 Å². The van der Waals surface area contributed by atoms with Gasteiger partial charge in [0.1, 0.15) is 5.25 Å². The lowest BCUT2D eigenvalue weighted by atomic mass is 9.86. The number of allylic oxidation sites excluding steroid dienone is 2. The summed E-state index contributed by atoms with van der Waals surface area (Å²) in [6.45, 7) is 6.41. The third-order valence-electron chi connectivity index (χ3n) is 2.45. The topological polar surface area (TPSA) is 26.3 Å². The third kappa shape index (κ3) is 2.80. The maximum Gasteiger partial charge on any atom is 0.319 e. The minimum absolute atomic E-state index is 0.0842. The van der Waals surface area contributed by atoms with E-state index in [4.69, 9.17) is 12.6 Å². The quantitative estimate of drug-likeness (QED) is 0.532. The van der Waals surface area contributed by atoms with E-state index >= 15 is 0 Å². The second-order valence-corrected chi connectivity index (χ2v) is 5.93. The molecule has 0 spiro atoms. The Kier molecular flexibility index (Phi) is 3.93. The summed E-state index contributed by atoms with van der Waals surface area (Å²) in [6, 6.07) is 0. The maximum atomic E-state index is 11.5. The smallest absolute Gasteiger partial charge is 0.319 e. The first-order valence-electron chi connectivity index (χ1n) is 5.07. The lowest BCUT2D eigenvalue weighted by Crippen LogP contribution is -2.23. The van der Waals surface area contributed by atoms with Crippen LogP contribution in [0.4, 0.5) is 0 Å². The predicted octanol–water partition coefficient (Wildman–Crippen LogP) is 2.41. The standard InChI is InChI=1S/C11H17BO2S/c1-11(2,3)8-5-7(6-12)9(15-8)10(13)14-4/h5,7,9H,6H2,1-4H3. The summed E-state index contributed by atoms with van der Waals surface area (Å²) in [5.41, 5.74) is 0.0842. The molecule has 0 saturated carbocycles. The summed E-state index contributed by atoms with van der Waals surface area (Å²) in [7, 11) is 7.08. The summed E-state index contributed by atoms with van der Waals surface area (Å²) in [5.74, 6) is -0.0670. The van der Waals surface area contributed by atoms with Crippen LogP contribution >= 0.6 is 11.8 Å². The van der Waals surface area contributed by atoms with E-state index in [1.807, 2.05) is 0 Å². The van der Waals surface area contributed by atoms with Gasteiger partial charge in [0, 0.05) is 0 Å². The van der Waals surface area contributed by atoms with Crippen molar-refractivity contribution in [2.75, 3.05) is 7.11 Å². The van der Waals surface area contributed by atoms with E-state index < -0.39 is 0 Å². The fourth-order valence-electron chi connectivity index (χ4n) is 1.50. The van der Waals surface area contributed by atoms with E-state index in [1.165, 1.54) is 12.0 Å². The highest BCUT2D eigenvalue weighted by molar-refractivity contribution is 8.04. The second-order valence-electron chi connectivity index (χ2n) is 4.74. The molecule has 1 rings (SSSR count). The van der Waals surface area contributed by atoms with Crippen LogP contribution in [-0.2, 0) is 9.53 Å². The Bertz CT molecular complexity index is 281. The number of rotatable bonds is 2. The van der Waals surface area contributed by atoms with Gasteiger partial charge in [0.25, 0.3) is 0 Å². The maximum absolute atomic E-state index is 11.5. The van der Waals surface area contributed by atoms with Crippen molar-refractivity contribution in [3.8, 4) is 0 Å². The first-order chi connectivity index (χ1) is 6.90. The van der Waals surface area contributed by atoms with Crippen LogP contribution in [0.1, 0.15) is 20.8 Å². The molecule has 0 bridgehead atoms. The highest BCUT2D eigenvalue weighted by Crippen LogP contribution is 2.46. The van der Waals surface area contributed by atoms with E-state index in [1.54, 1.807) is 11.8 Å². The Morgan fingerprint density at radius 2 is 2.20 bits per heavy atom. The Hall–Kier alpha value is -0.375. The number of carbonyl (C=O) groups is 1. The lowest BCUT2D eigenvalue weighted by molar-refractivity contribution is -0.140. The molecular weight excluding hydrogens is 207 g/mol. The number of methoxy groups -OCH3 is 1. The monoisotopic (exact) mass is 224 g/mol. The van der Waals surface area contributed by atoms with Gasteiger partial charge in [-0.1, -0.05) is 33.2 Å². The van der Waals surface area contributed by atoms with Crippen molar-refractivity contribution >= 4 is 25.6 Å². The molecule has 0 amide bonds. The number of ether oxygens (including phenoxy) is 1. The largest absolute Gasteiger partial charge is 0.468 e. The van der Waals surface area contributed by atoms with Crippen LogP contribution in [0, 0.1) is 11.3 Å². The summed E-state index contributed by atoms with van der Waals surface area (Å²) in [4.78, 5) is 12.8. The average molecular weight is 224 g/mol. The zero-order valence-electron chi connectivity index (χ0n) is 9.74. The van der Waals surface area contributed by atoms with Gasteiger partial charge in [0.15, 0.2) is 0 Å². The molecule has 4 heteroatoms. The number of hydrogen-bond acceptors (Lipinski definition) is 3. The average Bonchev–Trinajstić information content (AvgIpc) is 2.59. The van der Waals surface area contributed by atoms with E-state index in [-0.39, 0.29) is 22.6 Å². The fourth-order valence-corrected chi connectivity index (χ4v) is 2.94. The summed E-state index contributed by atoms with van der Waals surface area (Å²) >= 11 is 1.59. The van der Waals surface area contributed by atoms with Crippen LogP contribution < -0.4 is 0 Å². The predicted molar refractivity (Wildman–Crippen MR) is 65.0 cm³/mol. The highest BCUT2D eigenvalue weighted by atomic mass is 32.2. The van der Waals surface area contributed by atoms with Crippen LogP contribution in [0.2, 0.25) is 6.32 Å². The Morgan fingerprint density at radius 3 is 2.60 bits per heavy atom. The van der Waals surface area contributed by atoms with Crippen LogP contribution in [0.25, 0.3) is 0 Å². The molecule has 2 nitrogen and oxygen atoms in total. The number of esters is 1. The van der Waals surface area contributed by atoms with Gasteiger partial charge in [0.05, 0.1) is 15.0 Å². The van der Waals surface area contributed by atoms with Gasteiger partial charge in [-0.05, 0) is 16.2 Å². The van der Waals surface area contributed by atoms with Gasteiger partial charge < -0.3 is 4.74 Å². The van der Waals surface area contributed by atoms with Gasteiger partial charge in [0.2, 0.25) is 0 Å². The van der Waals surface area contributed by atoms with Crippen LogP contribution in [-0.4, -0.2) is 26.2 Å². The molecule has 0 aromatic heterocycles. The van der Waals surface area contributed by atoms with Gasteiger partial charge >= 0.3 is 5.97 Å². The Morgan fingerprint density at radius 1 is 1.60 bits per heavy atom. The highest BCUT2D eigenvalue weighted by Gasteiger charge is 2.37. The molecule has 0 fully saturated rings. The van der Waals surface area contributed by atoms with Crippen molar-refractivity contribution < 1.29 is 9.53 Å². The van der Waals surface area contributed by atoms with Crippen LogP contribution in [0.15, 0.2) is 11.0 Å². The molecule has 2 radical (unpaired) electrons. The van der Waals surface area contributed by atoms with E-state index in [0.29, 0.717) is 6.32 Å². The van der Waals surface area contributed by atoms with E-state index in [9.17, 15) is 4.79 Å². The molecule has 0 N–H and O–H groups in total. The second kappa shape index (κ2) is 4.64. The molecule has 2 unspecified atom stereocenters. The number of hydrogen-bond donors (Lipinski definition) is 0. The van der Waals surface area contributed by atoms with Crippen LogP contribution in [0.3, 0.4) is 0 Å². The fraction of sp³-hybridized carbons (Fsp3) is 0.727. The first-order valence-corrected chi connectivity index (χ1v) is 5.95. The van der Waals surface area contributed by atoms with Gasteiger partial charge in [-0.2, -0.15) is 0 Å². The molecule has 1 aliphatic rings. The number of thioether (sulfide) groups is 1. The molecule has 0 aliphatic carbocycles. The normalized spacial score (nSPS) is 26.3.